The molecule has 3 nitrogen and oxygen atoms in total. The predicted molar refractivity (Wildman–Crippen MR) is 96.0 cm³/mol. The molecule has 1 aliphatic rings. The van der Waals surface area contributed by atoms with E-state index in [0.717, 1.165) is 32.4 Å². The zero-order chi connectivity index (χ0) is 16.9. The second kappa shape index (κ2) is 8.11. The van der Waals surface area contributed by atoms with E-state index in [2.05, 4.69) is 25.3 Å². The molecule has 2 unspecified atom stereocenters. The first-order valence-corrected chi connectivity index (χ1v) is 10.2. The summed E-state index contributed by atoms with van der Waals surface area (Å²) in [6.07, 6.45) is 5.74. The Bertz CT molecular complexity index is 595. The molecule has 4 heteroatoms. The summed E-state index contributed by atoms with van der Waals surface area (Å²) in [5.74, 6) is 0.903. The molecule has 0 radical (unpaired) electrons. The number of hydrogen-bond donors (Lipinski definition) is 0. The standard InChI is InChI=1S/C19H29NO2S/c1-4-17-9-8-14-20(15-17)19(13-12-16(2)3)23(21,22)18-10-6-5-7-11-18/h4-7,10-11,16-17,19H,1,8-9,12-15H2,2-3H3. The molecule has 0 bridgehead atoms. The minimum Gasteiger partial charge on any atom is -0.286 e. The third-order valence-electron chi connectivity index (χ3n) is 4.65. The van der Waals surface area contributed by atoms with Crippen LogP contribution in [0.25, 0.3) is 0 Å². The molecule has 1 aliphatic heterocycles. The highest BCUT2D eigenvalue weighted by atomic mass is 32.2. The van der Waals surface area contributed by atoms with E-state index in [0.29, 0.717) is 23.2 Å². The van der Waals surface area contributed by atoms with E-state index in [9.17, 15) is 8.42 Å². The first-order valence-electron chi connectivity index (χ1n) is 8.60. The zero-order valence-corrected chi connectivity index (χ0v) is 15.1. The van der Waals surface area contributed by atoms with E-state index in [1.165, 1.54) is 0 Å². The van der Waals surface area contributed by atoms with Crippen molar-refractivity contribution in [1.29, 1.82) is 0 Å². The fourth-order valence-corrected chi connectivity index (χ4v) is 5.15. The van der Waals surface area contributed by atoms with Gasteiger partial charge in [-0.2, -0.15) is 0 Å². The lowest BCUT2D eigenvalue weighted by Crippen LogP contribution is -2.46. The van der Waals surface area contributed by atoms with Gasteiger partial charge in [-0.25, -0.2) is 8.42 Å². The molecule has 2 rings (SSSR count). The first-order chi connectivity index (χ1) is 10.9. The van der Waals surface area contributed by atoms with Crippen molar-refractivity contribution in [2.75, 3.05) is 13.1 Å². The SMILES string of the molecule is C=CC1CCCN(C(CCC(C)C)S(=O)(=O)c2ccccc2)C1. The maximum Gasteiger partial charge on any atom is 0.194 e. The summed E-state index contributed by atoms with van der Waals surface area (Å²) >= 11 is 0. The van der Waals surface area contributed by atoms with Crippen molar-refractivity contribution in [3.05, 3.63) is 43.0 Å². The Morgan fingerprint density at radius 2 is 1.96 bits per heavy atom. The van der Waals surface area contributed by atoms with Gasteiger partial charge in [-0.05, 0) is 56.2 Å². The molecule has 1 aromatic carbocycles. The van der Waals surface area contributed by atoms with Crippen LogP contribution >= 0.6 is 0 Å². The Hall–Kier alpha value is -1.13. The largest absolute Gasteiger partial charge is 0.286 e. The number of hydrogen-bond acceptors (Lipinski definition) is 3. The van der Waals surface area contributed by atoms with Crippen LogP contribution in [-0.2, 0) is 9.84 Å². The molecule has 1 aromatic rings. The molecule has 0 aromatic heterocycles. The van der Waals surface area contributed by atoms with Gasteiger partial charge in [0.2, 0.25) is 0 Å². The fourth-order valence-electron chi connectivity index (χ4n) is 3.27. The molecule has 23 heavy (non-hydrogen) atoms. The molecule has 128 valence electrons. The number of benzene rings is 1. The van der Waals surface area contributed by atoms with Crippen molar-refractivity contribution in [2.45, 2.75) is 49.8 Å². The van der Waals surface area contributed by atoms with Crippen molar-refractivity contribution >= 4 is 9.84 Å². The van der Waals surface area contributed by atoms with Gasteiger partial charge in [0.1, 0.15) is 5.37 Å². The second-order valence-corrected chi connectivity index (χ2v) is 9.02. The van der Waals surface area contributed by atoms with Gasteiger partial charge in [0.25, 0.3) is 0 Å². The van der Waals surface area contributed by atoms with Crippen molar-refractivity contribution < 1.29 is 8.42 Å². The van der Waals surface area contributed by atoms with Gasteiger partial charge < -0.3 is 0 Å². The fraction of sp³-hybridized carbons (Fsp3) is 0.579. The maximum absolute atomic E-state index is 13.2. The van der Waals surface area contributed by atoms with Gasteiger partial charge in [-0.3, -0.25) is 4.90 Å². The lowest BCUT2D eigenvalue weighted by atomic mass is 9.97. The molecular formula is C19H29NO2S. The monoisotopic (exact) mass is 335 g/mol. The highest BCUT2D eigenvalue weighted by Gasteiger charge is 2.34. The van der Waals surface area contributed by atoms with Gasteiger partial charge in [0, 0.05) is 6.54 Å². The molecule has 1 saturated heterocycles. The molecule has 0 N–H and O–H groups in total. The smallest absolute Gasteiger partial charge is 0.194 e. The molecule has 0 saturated carbocycles. The van der Waals surface area contributed by atoms with Crippen LogP contribution in [0.4, 0.5) is 0 Å². The highest BCUT2D eigenvalue weighted by Crippen LogP contribution is 2.28. The van der Waals surface area contributed by atoms with Crippen molar-refractivity contribution in [3.63, 3.8) is 0 Å². The molecule has 2 atom stereocenters. The number of likely N-dealkylation sites (tertiary alicyclic amines) is 1. The molecule has 0 aliphatic carbocycles. The number of nitrogens with zero attached hydrogens (tertiary/aromatic N) is 1. The lowest BCUT2D eigenvalue weighted by molar-refractivity contribution is 0.168. The van der Waals surface area contributed by atoms with Crippen LogP contribution in [-0.4, -0.2) is 31.8 Å². The summed E-state index contributed by atoms with van der Waals surface area (Å²) < 4.78 is 26.3. The van der Waals surface area contributed by atoms with Crippen LogP contribution < -0.4 is 0 Å². The molecular weight excluding hydrogens is 306 g/mol. The zero-order valence-electron chi connectivity index (χ0n) is 14.3. The molecule has 1 heterocycles. The van der Waals surface area contributed by atoms with Crippen molar-refractivity contribution in [3.8, 4) is 0 Å². The Balaban J connectivity index is 2.28. The third kappa shape index (κ3) is 4.67. The topological polar surface area (TPSA) is 37.4 Å². The highest BCUT2D eigenvalue weighted by molar-refractivity contribution is 7.92. The van der Waals surface area contributed by atoms with Crippen LogP contribution in [0.2, 0.25) is 0 Å². The number of rotatable bonds is 7. The predicted octanol–water partition coefficient (Wildman–Crippen LogP) is 4.12. The Morgan fingerprint density at radius 3 is 2.57 bits per heavy atom. The van der Waals surface area contributed by atoms with Crippen LogP contribution in [0.3, 0.4) is 0 Å². The van der Waals surface area contributed by atoms with Gasteiger partial charge in [0.05, 0.1) is 4.90 Å². The summed E-state index contributed by atoms with van der Waals surface area (Å²) in [6, 6.07) is 8.89. The lowest BCUT2D eigenvalue weighted by Gasteiger charge is -2.37. The Labute approximate surface area is 141 Å². The average molecular weight is 336 g/mol. The summed E-state index contributed by atoms with van der Waals surface area (Å²) in [7, 11) is -3.34. The maximum atomic E-state index is 13.2. The molecule has 1 fully saturated rings. The summed E-state index contributed by atoms with van der Waals surface area (Å²) in [6.45, 7) is 9.86. The van der Waals surface area contributed by atoms with Crippen molar-refractivity contribution in [1.82, 2.24) is 4.90 Å². The number of sulfone groups is 1. The Kier molecular flexibility index (Phi) is 6.42. The molecule has 0 spiro atoms. The minimum absolute atomic E-state index is 0.399. The van der Waals surface area contributed by atoms with E-state index in [4.69, 9.17) is 0 Å². The van der Waals surface area contributed by atoms with Gasteiger partial charge in [-0.15, -0.1) is 6.58 Å². The van der Waals surface area contributed by atoms with Crippen LogP contribution in [0.5, 0.6) is 0 Å². The first kappa shape index (κ1) is 18.2. The average Bonchev–Trinajstić information content (AvgIpc) is 2.55. The van der Waals surface area contributed by atoms with Crippen LogP contribution in [0, 0.1) is 11.8 Å². The van der Waals surface area contributed by atoms with E-state index in [1.807, 2.05) is 12.1 Å². The van der Waals surface area contributed by atoms with Crippen LogP contribution in [0.15, 0.2) is 47.9 Å². The van der Waals surface area contributed by atoms with E-state index >= 15 is 0 Å². The van der Waals surface area contributed by atoms with Gasteiger partial charge >= 0.3 is 0 Å². The Morgan fingerprint density at radius 1 is 1.26 bits per heavy atom. The van der Waals surface area contributed by atoms with E-state index in [-0.39, 0.29) is 0 Å². The minimum atomic E-state index is -3.34. The van der Waals surface area contributed by atoms with Crippen LogP contribution in [0.1, 0.15) is 39.5 Å². The summed E-state index contributed by atoms with van der Waals surface area (Å²) in [5.41, 5.74) is 0. The van der Waals surface area contributed by atoms with E-state index < -0.39 is 15.2 Å². The number of piperidine rings is 1. The molecule has 0 amide bonds. The second-order valence-electron chi connectivity index (χ2n) is 6.92. The normalized spacial score (nSPS) is 21.3. The summed E-state index contributed by atoms with van der Waals surface area (Å²) in [5, 5.41) is -0.421. The quantitative estimate of drug-likeness (QED) is 0.703. The van der Waals surface area contributed by atoms with Gasteiger partial charge in [-0.1, -0.05) is 38.1 Å². The third-order valence-corrected chi connectivity index (χ3v) is 6.83. The summed E-state index contributed by atoms with van der Waals surface area (Å²) in [4.78, 5) is 2.61. The van der Waals surface area contributed by atoms with Crippen molar-refractivity contribution in [2.24, 2.45) is 11.8 Å². The van der Waals surface area contributed by atoms with Gasteiger partial charge in [0.15, 0.2) is 9.84 Å². The van der Waals surface area contributed by atoms with E-state index in [1.54, 1.807) is 24.3 Å².